The Balaban J connectivity index is 2.25. The number of ether oxygens (including phenoxy) is 2. The van der Waals surface area contributed by atoms with Crippen molar-refractivity contribution < 1.29 is 14.3 Å². The molecule has 1 amide bonds. The Morgan fingerprint density at radius 1 is 1.38 bits per heavy atom. The fourth-order valence-electron chi connectivity index (χ4n) is 1.23. The Hall–Kier alpha value is -1.55. The summed E-state index contributed by atoms with van der Waals surface area (Å²) in [4.78, 5) is 11.2. The zero-order valence-electron chi connectivity index (χ0n) is 9.60. The van der Waals surface area contributed by atoms with Crippen molar-refractivity contribution in [1.82, 2.24) is 5.32 Å². The highest BCUT2D eigenvalue weighted by Gasteiger charge is 2.07. The molecule has 1 N–H and O–H groups in total. The van der Waals surface area contributed by atoms with Crippen LogP contribution in [-0.2, 0) is 9.53 Å². The van der Waals surface area contributed by atoms with Crippen LogP contribution in [-0.4, -0.2) is 32.3 Å². The van der Waals surface area contributed by atoms with E-state index in [1.54, 1.807) is 0 Å². The zero-order chi connectivity index (χ0) is 11.8. The van der Waals surface area contributed by atoms with Crippen LogP contribution in [0.15, 0.2) is 30.3 Å². The molecule has 0 unspecified atom stereocenters. The molecular formula is C12H17NO3. The quantitative estimate of drug-likeness (QED) is 0.788. The number of methoxy groups -OCH3 is 1. The second-order valence-electron chi connectivity index (χ2n) is 3.53. The van der Waals surface area contributed by atoms with Gasteiger partial charge in [-0.25, -0.2) is 0 Å². The normalized spacial score (nSPS) is 11.9. The predicted molar refractivity (Wildman–Crippen MR) is 61.4 cm³/mol. The van der Waals surface area contributed by atoms with E-state index in [1.807, 2.05) is 37.3 Å². The van der Waals surface area contributed by atoms with E-state index in [-0.39, 0.29) is 18.6 Å². The molecule has 0 aliphatic carbocycles. The topological polar surface area (TPSA) is 47.6 Å². The van der Waals surface area contributed by atoms with Gasteiger partial charge in [-0.1, -0.05) is 18.2 Å². The lowest BCUT2D eigenvalue weighted by Crippen LogP contribution is -2.38. The van der Waals surface area contributed by atoms with E-state index in [1.165, 1.54) is 7.11 Å². The summed E-state index contributed by atoms with van der Waals surface area (Å²) in [6.45, 7) is 2.41. The molecule has 1 rings (SSSR count). The highest BCUT2D eigenvalue weighted by Crippen LogP contribution is 2.08. The van der Waals surface area contributed by atoms with Gasteiger partial charge in [0.1, 0.15) is 19.0 Å². The summed E-state index contributed by atoms with van der Waals surface area (Å²) in [7, 11) is 1.49. The van der Waals surface area contributed by atoms with Crippen molar-refractivity contribution in [3.05, 3.63) is 30.3 Å². The molecule has 0 fully saturated rings. The van der Waals surface area contributed by atoms with E-state index in [0.29, 0.717) is 6.61 Å². The fraction of sp³-hybridized carbons (Fsp3) is 0.417. The number of para-hydroxylation sites is 1. The summed E-state index contributed by atoms with van der Waals surface area (Å²) in [5.41, 5.74) is 0. The molecule has 0 aromatic heterocycles. The van der Waals surface area contributed by atoms with Gasteiger partial charge < -0.3 is 14.8 Å². The third kappa shape index (κ3) is 4.79. The number of carbonyl (C=O) groups is 1. The molecule has 0 radical (unpaired) electrons. The van der Waals surface area contributed by atoms with Crippen LogP contribution in [0.3, 0.4) is 0 Å². The van der Waals surface area contributed by atoms with Crippen LogP contribution in [0.5, 0.6) is 5.75 Å². The minimum absolute atomic E-state index is 0.0390. The number of hydrogen-bond donors (Lipinski definition) is 1. The number of rotatable bonds is 6. The fourth-order valence-corrected chi connectivity index (χ4v) is 1.23. The van der Waals surface area contributed by atoms with Gasteiger partial charge >= 0.3 is 0 Å². The lowest BCUT2D eigenvalue weighted by atomic mass is 10.3. The van der Waals surface area contributed by atoms with Gasteiger partial charge in [0.2, 0.25) is 5.91 Å². The number of nitrogens with one attached hydrogen (secondary N) is 1. The Bertz CT molecular complexity index is 313. The highest BCUT2D eigenvalue weighted by atomic mass is 16.5. The van der Waals surface area contributed by atoms with Crippen LogP contribution >= 0.6 is 0 Å². The van der Waals surface area contributed by atoms with Gasteiger partial charge in [0, 0.05) is 7.11 Å². The SMILES string of the molecule is COCC(=O)N[C@H](C)COc1ccccc1. The van der Waals surface area contributed by atoms with E-state index < -0.39 is 0 Å². The molecule has 4 heteroatoms. The lowest BCUT2D eigenvalue weighted by Gasteiger charge is -2.14. The smallest absolute Gasteiger partial charge is 0.246 e. The van der Waals surface area contributed by atoms with Crippen molar-refractivity contribution in [3.8, 4) is 5.75 Å². The standard InChI is InChI=1S/C12H17NO3/c1-10(13-12(14)9-15-2)8-16-11-6-4-3-5-7-11/h3-7,10H,8-9H2,1-2H3,(H,13,14)/t10-/m1/s1. The van der Waals surface area contributed by atoms with Crippen LogP contribution in [0.25, 0.3) is 0 Å². The summed E-state index contributed by atoms with van der Waals surface area (Å²) in [6.07, 6.45) is 0. The summed E-state index contributed by atoms with van der Waals surface area (Å²) in [6, 6.07) is 9.46. The van der Waals surface area contributed by atoms with Crippen molar-refractivity contribution in [2.45, 2.75) is 13.0 Å². The van der Waals surface area contributed by atoms with Gasteiger partial charge in [-0.05, 0) is 19.1 Å². The van der Waals surface area contributed by atoms with Crippen molar-refractivity contribution in [3.63, 3.8) is 0 Å². The second kappa shape index (κ2) is 6.85. The molecule has 0 saturated carbocycles. The van der Waals surface area contributed by atoms with Gasteiger partial charge in [0.25, 0.3) is 0 Å². The van der Waals surface area contributed by atoms with E-state index in [9.17, 15) is 4.79 Å². The molecule has 0 saturated heterocycles. The molecule has 1 aromatic carbocycles. The molecule has 0 heterocycles. The molecular weight excluding hydrogens is 206 g/mol. The molecule has 1 aromatic rings. The number of carbonyl (C=O) groups excluding carboxylic acids is 1. The number of amides is 1. The Morgan fingerprint density at radius 3 is 2.69 bits per heavy atom. The van der Waals surface area contributed by atoms with Crippen molar-refractivity contribution in [2.24, 2.45) is 0 Å². The van der Waals surface area contributed by atoms with Gasteiger partial charge in [-0.2, -0.15) is 0 Å². The number of hydrogen-bond acceptors (Lipinski definition) is 3. The average Bonchev–Trinajstić information content (AvgIpc) is 2.28. The third-order valence-corrected chi connectivity index (χ3v) is 1.93. The van der Waals surface area contributed by atoms with Crippen LogP contribution < -0.4 is 10.1 Å². The van der Waals surface area contributed by atoms with Crippen LogP contribution in [0.2, 0.25) is 0 Å². The van der Waals surface area contributed by atoms with Gasteiger partial charge in [0.15, 0.2) is 0 Å². The van der Waals surface area contributed by atoms with Crippen molar-refractivity contribution >= 4 is 5.91 Å². The van der Waals surface area contributed by atoms with Crippen LogP contribution in [0.1, 0.15) is 6.92 Å². The molecule has 1 atom stereocenters. The van der Waals surface area contributed by atoms with E-state index in [2.05, 4.69) is 5.32 Å². The molecule has 0 aliphatic rings. The van der Waals surface area contributed by atoms with E-state index in [0.717, 1.165) is 5.75 Å². The zero-order valence-corrected chi connectivity index (χ0v) is 9.60. The van der Waals surface area contributed by atoms with Crippen molar-refractivity contribution in [1.29, 1.82) is 0 Å². The predicted octanol–water partition coefficient (Wildman–Crippen LogP) is 1.22. The van der Waals surface area contributed by atoms with Crippen LogP contribution in [0, 0.1) is 0 Å². The average molecular weight is 223 g/mol. The Kier molecular flexibility index (Phi) is 5.36. The molecule has 0 spiro atoms. The van der Waals surface area contributed by atoms with E-state index >= 15 is 0 Å². The highest BCUT2D eigenvalue weighted by molar-refractivity contribution is 5.77. The third-order valence-electron chi connectivity index (χ3n) is 1.93. The minimum atomic E-state index is -0.133. The summed E-state index contributed by atoms with van der Waals surface area (Å²) in [5.74, 6) is 0.669. The first-order chi connectivity index (χ1) is 7.72. The summed E-state index contributed by atoms with van der Waals surface area (Å²) < 4.78 is 10.2. The Labute approximate surface area is 95.6 Å². The monoisotopic (exact) mass is 223 g/mol. The Morgan fingerprint density at radius 2 is 2.06 bits per heavy atom. The first-order valence-electron chi connectivity index (χ1n) is 5.18. The van der Waals surface area contributed by atoms with Crippen LogP contribution in [0.4, 0.5) is 0 Å². The number of benzene rings is 1. The summed E-state index contributed by atoms with van der Waals surface area (Å²) in [5, 5.41) is 2.76. The second-order valence-corrected chi connectivity index (χ2v) is 3.53. The largest absolute Gasteiger partial charge is 0.491 e. The minimum Gasteiger partial charge on any atom is -0.491 e. The van der Waals surface area contributed by atoms with E-state index in [4.69, 9.17) is 9.47 Å². The van der Waals surface area contributed by atoms with Crippen molar-refractivity contribution in [2.75, 3.05) is 20.3 Å². The molecule has 0 aliphatic heterocycles. The maximum Gasteiger partial charge on any atom is 0.246 e. The summed E-state index contributed by atoms with van der Waals surface area (Å²) >= 11 is 0. The maximum absolute atomic E-state index is 11.2. The lowest BCUT2D eigenvalue weighted by molar-refractivity contribution is -0.125. The maximum atomic E-state index is 11.2. The molecule has 88 valence electrons. The first-order valence-corrected chi connectivity index (χ1v) is 5.18. The van der Waals surface area contributed by atoms with Gasteiger partial charge in [-0.3, -0.25) is 4.79 Å². The first kappa shape index (κ1) is 12.5. The van der Waals surface area contributed by atoms with Gasteiger partial charge in [-0.15, -0.1) is 0 Å². The van der Waals surface area contributed by atoms with Gasteiger partial charge in [0.05, 0.1) is 6.04 Å². The molecule has 16 heavy (non-hydrogen) atoms. The molecule has 0 bridgehead atoms. The molecule has 4 nitrogen and oxygen atoms in total.